The molecule has 1 saturated heterocycles. The number of rotatable bonds is 2. The molecule has 2 N–H and O–H groups in total. The molecule has 0 unspecified atom stereocenters. The molecule has 0 amide bonds. The molecule has 1 aliphatic heterocycles. The molecule has 0 aromatic heterocycles. The van der Waals surface area contributed by atoms with E-state index in [-0.39, 0.29) is 12.0 Å². The van der Waals surface area contributed by atoms with Gasteiger partial charge in [-0.1, -0.05) is 18.2 Å². The van der Waals surface area contributed by atoms with Crippen molar-refractivity contribution in [3.63, 3.8) is 0 Å². The van der Waals surface area contributed by atoms with Crippen LogP contribution >= 0.6 is 0 Å². The van der Waals surface area contributed by atoms with Crippen molar-refractivity contribution in [1.29, 1.82) is 0 Å². The van der Waals surface area contributed by atoms with Gasteiger partial charge in [0, 0.05) is 13.1 Å². The van der Waals surface area contributed by atoms with E-state index < -0.39 is 11.8 Å². The van der Waals surface area contributed by atoms with Crippen LogP contribution in [0.4, 0.5) is 4.39 Å². The van der Waals surface area contributed by atoms with Gasteiger partial charge in [-0.3, -0.25) is 4.79 Å². The zero-order valence-electron chi connectivity index (χ0n) is 9.49. The van der Waals surface area contributed by atoms with Gasteiger partial charge in [0.05, 0.1) is 19.6 Å². The van der Waals surface area contributed by atoms with Gasteiger partial charge in [0.1, 0.15) is 5.82 Å². The maximum Gasteiger partial charge on any atom is 0.307 e. The molecule has 1 aliphatic rings. The number of ether oxygens (including phenoxy) is 1. The lowest BCUT2D eigenvalue weighted by molar-refractivity contribution is -0.136. The summed E-state index contributed by atoms with van der Waals surface area (Å²) < 4.78 is 17.7. The van der Waals surface area contributed by atoms with E-state index in [4.69, 9.17) is 9.84 Å². The molecule has 1 aromatic rings. The lowest BCUT2D eigenvalue weighted by atomic mass is 10.1. The van der Waals surface area contributed by atoms with Gasteiger partial charge in [-0.05, 0) is 11.6 Å². The fraction of sp³-hybridized carbons (Fsp3) is 0.417. The van der Waals surface area contributed by atoms with Crippen molar-refractivity contribution in [3.8, 4) is 0 Å². The number of benzene rings is 1. The molecule has 1 heterocycles. The smallest absolute Gasteiger partial charge is 0.307 e. The van der Waals surface area contributed by atoms with E-state index in [2.05, 4.69) is 5.32 Å². The van der Waals surface area contributed by atoms with Crippen LogP contribution in [0.2, 0.25) is 0 Å². The third-order valence-electron chi connectivity index (χ3n) is 2.15. The molecule has 0 aliphatic carbocycles. The molecule has 0 radical (unpaired) electrons. The maximum absolute atomic E-state index is 12.7. The van der Waals surface area contributed by atoms with Crippen LogP contribution in [0.5, 0.6) is 0 Å². The number of carboxylic acid groups (broad SMARTS) is 1. The first-order valence-corrected chi connectivity index (χ1v) is 5.44. The highest BCUT2D eigenvalue weighted by Crippen LogP contribution is 2.06. The average molecular weight is 241 g/mol. The largest absolute Gasteiger partial charge is 0.481 e. The van der Waals surface area contributed by atoms with Crippen LogP contribution < -0.4 is 5.32 Å². The Balaban J connectivity index is 0.000000202. The minimum Gasteiger partial charge on any atom is -0.481 e. The van der Waals surface area contributed by atoms with Crippen LogP contribution in [-0.4, -0.2) is 37.4 Å². The number of hydrogen-bond donors (Lipinski definition) is 2. The molecular weight excluding hydrogens is 225 g/mol. The van der Waals surface area contributed by atoms with Gasteiger partial charge in [-0.25, -0.2) is 4.39 Å². The first kappa shape index (κ1) is 13.6. The SMILES string of the molecule is C1COCCN1.O=C(O)Cc1ccccc1F. The third kappa shape index (κ3) is 5.99. The van der Waals surface area contributed by atoms with Crippen molar-refractivity contribution >= 4 is 5.97 Å². The predicted molar refractivity (Wildman–Crippen MR) is 61.4 cm³/mol. The fourth-order valence-corrected chi connectivity index (χ4v) is 1.32. The van der Waals surface area contributed by atoms with Gasteiger partial charge in [-0.15, -0.1) is 0 Å². The van der Waals surface area contributed by atoms with Crippen LogP contribution in [0.25, 0.3) is 0 Å². The Morgan fingerprint density at radius 3 is 2.41 bits per heavy atom. The van der Waals surface area contributed by atoms with Crippen molar-refractivity contribution in [2.24, 2.45) is 0 Å². The summed E-state index contributed by atoms with van der Waals surface area (Å²) in [4.78, 5) is 10.2. The summed E-state index contributed by atoms with van der Waals surface area (Å²) in [7, 11) is 0. The van der Waals surface area contributed by atoms with E-state index in [1.165, 1.54) is 18.2 Å². The van der Waals surface area contributed by atoms with Gasteiger partial charge < -0.3 is 15.2 Å². The summed E-state index contributed by atoms with van der Waals surface area (Å²) in [6.45, 7) is 3.83. The summed E-state index contributed by atoms with van der Waals surface area (Å²) in [5.74, 6) is -1.48. The van der Waals surface area contributed by atoms with Gasteiger partial charge in [0.25, 0.3) is 0 Å². The molecule has 94 valence electrons. The molecule has 0 saturated carbocycles. The number of nitrogens with one attached hydrogen (secondary N) is 1. The average Bonchev–Trinajstić information content (AvgIpc) is 2.35. The lowest BCUT2D eigenvalue weighted by Crippen LogP contribution is -2.30. The highest BCUT2D eigenvalue weighted by molar-refractivity contribution is 5.70. The summed E-state index contributed by atoms with van der Waals surface area (Å²) in [6.07, 6.45) is -0.257. The predicted octanol–water partition coefficient (Wildman–Crippen LogP) is 1.06. The van der Waals surface area contributed by atoms with Crippen molar-refractivity contribution in [1.82, 2.24) is 5.32 Å². The highest BCUT2D eigenvalue weighted by Gasteiger charge is 2.04. The second-order valence-corrected chi connectivity index (χ2v) is 3.52. The molecule has 0 atom stereocenters. The van der Waals surface area contributed by atoms with Crippen LogP contribution in [0, 0.1) is 5.82 Å². The third-order valence-corrected chi connectivity index (χ3v) is 2.15. The molecule has 0 bridgehead atoms. The normalized spacial score (nSPS) is 14.6. The number of hydrogen-bond acceptors (Lipinski definition) is 3. The van der Waals surface area contributed by atoms with Crippen LogP contribution in [0.15, 0.2) is 24.3 Å². The molecule has 1 aromatic carbocycles. The first-order chi connectivity index (χ1) is 8.20. The van der Waals surface area contributed by atoms with Crippen molar-refractivity contribution in [3.05, 3.63) is 35.6 Å². The first-order valence-electron chi connectivity index (χ1n) is 5.44. The van der Waals surface area contributed by atoms with E-state index in [0.29, 0.717) is 0 Å². The summed E-state index contributed by atoms with van der Waals surface area (Å²) in [5.41, 5.74) is 0.222. The summed E-state index contributed by atoms with van der Waals surface area (Å²) in [6, 6.07) is 5.85. The Morgan fingerprint density at radius 2 is 2.00 bits per heavy atom. The zero-order chi connectivity index (χ0) is 12.5. The van der Waals surface area contributed by atoms with Crippen LogP contribution in [0.1, 0.15) is 5.56 Å². The zero-order valence-corrected chi connectivity index (χ0v) is 9.49. The van der Waals surface area contributed by atoms with Gasteiger partial charge >= 0.3 is 5.97 Å². The molecule has 1 fully saturated rings. The van der Waals surface area contributed by atoms with Crippen molar-refractivity contribution in [2.75, 3.05) is 26.3 Å². The van der Waals surface area contributed by atoms with Gasteiger partial charge in [0.15, 0.2) is 0 Å². The Morgan fingerprint density at radius 1 is 1.35 bits per heavy atom. The maximum atomic E-state index is 12.7. The van der Waals surface area contributed by atoms with Crippen LogP contribution in [0.3, 0.4) is 0 Å². The second kappa shape index (κ2) is 7.76. The molecule has 0 spiro atoms. The minimum atomic E-state index is -1.02. The van der Waals surface area contributed by atoms with Gasteiger partial charge in [-0.2, -0.15) is 0 Å². The number of aliphatic carboxylic acids is 1. The Bertz CT molecular complexity index is 342. The van der Waals surface area contributed by atoms with E-state index in [1.807, 2.05) is 0 Å². The topological polar surface area (TPSA) is 58.6 Å². The summed E-state index contributed by atoms with van der Waals surface area (Å²) >= 11 is 0. The van der Waals surface area contributed by atoms with E-state index in [1.54, 1.807) is 6.07 Å². The quantitative estimate of drug-likeness (QED) is 0.813. The Labute approximate surface area is 99.4 Å². The lowest BCUT2D eigenvalue weighted by Gasteiger charge is -2.10. The molecule has 17 heavy (non-hydrogen) atoms. The Hall–Kier alpha value is -1.46. The molecular formula is C12H16FNO3. The number of halogens is 1. The van der Waals surface area contributed by atoms with E-state index in [0.717, 1.165) is 26.3 Å². The Kier molecular flexibility index (Phi) is 6.21. The standard InChI is InChI=1S/C8H7FO2.C4H9NO/c9-7-4-2-1-3-6(7)5-8(10)11;1-3-6-4-2-5-1/h1-4H,5H2,(H,10,11);5H,1-4H2. The second-order valence-electron chi connectivity index (χ2n) is 3.52. The number of carbonyl (C=O) groups is 1. The monoisotopic (exact) mass is 241 g/mol. The minimum absolute atomic E-state index is 0.222. The molecule has 2 rings (SSSR count). The molecule has 5 heteroatoms. The highest BCUT2D eigenvalue weighted by atomic mass is 19.1. The van der Waals surface area contributed by atoms with E-state index >= 15 is 0 Å². The van der Waals surface area contributed by atoms with E-state index in [9.17, 15) is 9.18 Å². The van der Waals surface area contributed by atoms with Crippen LogP contribution in [-0.2, 0) is 16.0 Å². The summed E-state index contributed by atoms with van der Waals surface area (Å²) in [5, 5.41) is 11.5. The number of morpholine rings is 1. The van der Waals surface area contributed by atoms with Crippen molar-refractivity contribution in [2.45, 2.75) is 6.42 Å². The van der Waals surface area contributed by atoms with Gasteiger partial charge in [0.2, 0.25) is 0 Å². The van der Waals surface area contributed by atoms with Crippen molar-refractivity contribution < 1.29 is 19.0 Å². The molecule has 4 nitrogen and oxygen atoms in total. The number of carboxylic acids is 1. The fourth-order valence-electron chi connectivity index (χ4n) is 1.32.